The van der Waals surface area contributed by atoms with Crippen molar-refractivity contribution in [2.75, 3.05) is 6.54 Å². The van der Waals surface area contributed by atoms with Crippen LogP contribution in [-0.4, -0.2) is 12.3 Å². The fourth-order valence-electron chi connectivity index (χ4n) is 2.64. The molecule has 0 spiro atoms. The largest absolute Gasteiger partial charge is 0.304 e. The fraction of sp³-hybridized carbons (Fsp3) is 0.0952. The molecule has 3 N–H and O–H groups in total. The number of rotatable bonds is 8. The molecule has 3 aromatic carbocycles. The quantitative estimate of drug-likeness (QED) is 0.184. The van der Waals surface area contributed by atoms with Crippen LogP contribution in [-0.2, 0) is 0 Å². The molecular formula is C21H19Cl2N3S. The van der Waals surface area contributed by atoms with Gasteiger partial charge in [0, 0.05) is 33.1 Å². The van der Waals surface area contributed by atoms with Gasteiger partial charge in [-0.1, -0.05) is 65.7 Å². The molecular weight excluding hydrogens is 397 g/mol. The lowest BCUT2D eigenvalue weighted by Crippen LogP contribution is -2.33. The van der Waals surface area contributed by atoms with Crippen molar-refractivity contribution < 1.29 is 0 Å². The van der Waals surface area contributed by atoms with Crippen molar-refractivity contribution in [3.63, 3.8) is 0 Å². The third-order valence-electron chi connectivity index (χ3n) is 4.07. The molecule has 0 radical (unpaired) electrons. The highest BCUT2D eigenvalue weighted by atomic mass is 35.5. The standard InChI is InChI=1S/C21H19Cl2N3S/c22-17-8-6-16(7-9-17)21(24)20(15-4-2-1-3-5-15)14-25-26-27-19-12-10-18(23)11-13-19/h1-13,20,24-26H,14H2/t20-/m1/s1. The number of hydrogen-bond donors (Lipinski definition) is 3. The highest BCUT2D eigenvalue weighted by Crippen LogP contribution is 2.22. The van der Waals surface area contributed by atoms with Gasteiger partial charge in [0.1, 0.15) is 0 Å². The number of halogens is 2. The number of nitrogens with one attached hydrogen (secondary N) is 3. The first-order valence-electron chi connectivity index (χ1n) is 8.43. The molecule has 0 aliphatic carbocycles. The molecule has 0 fully saturated rings. The first-order chi connectivity index (χ1) is 13.1. The van der Waals surface area contributed by atoms with Gasteiger partial charge < -0.3 is 5.41 Å². The molecule has 3 rings (SSSR count). The van der Waals surface area contributed by atoms with Crippen molar-refractivity contribution in [1.29, 1.82) is 5.41 Å². The summed E-state index contributed by atoms with van der Waals surface area (Å²) in [5.41, 5.74) is 5.72. The molecule has 1 atom stereocenters. The molecule has 6 heteroatoms. The molecule has 138 valence electrons. The van der Waals surface area contributed by atoms with Gasteiger partial charge in [-0.25, -0.2) is 5.43 Å². The van der Waals surface area contributed by atoms with Crippen molar-refractivity contribution in [2.45, 2.75) is 10.8 Å². The lowest BCUT2D eigenvalue weighted by molar-refractivity contribution is 0.653. The van der Waals surface area contributed by atoms with Crippen molar-refractivity contribution in [2.24, 2.45) is 0 Å². The van der Waals surface area contributed by atoms with Crippen LogP contribution < -0.4 is 10.3 Å². The maximum Gasteiger partial charge on any atom is 0.0474 e. The summed E-state index contributed by atoms with van der Waals surface area (Å²) in [7, 11) is 0. The molecule has 0 saturated carbocycles. The van der Waals surface area contributed by atoms with E-state index in [0.29, 0.717) is 22.3 Å². The molecule has 0 aliphatic heterocycles. The minimum Gasteiger partial charge on any atom is -0.304 e. The molecule has 3 nitrogen and oxygen atoms in total. The van der Waals surface area contributed by atoms with E-state index in [1.807, 2.05) is 78.9 Å². The number of hydrogen-bond acceptors (Lipinski definition) is 4. The molecule has 0 bridgehead atoms. The third-order valence-corrected chi connectivity index (χ3v) is 5.32. The zero-order chi connectivity index (χ0) is 19.1. The Labute approximate surface area is 173 Å². The average molecular weight is 416 g/mol. The summed E-state index contributed by atoms with van der Waals surface area (Å²) < 4.78 is 0. The van der Waals surface area contributed by atoms with Crippen molar-refractivity contribution in [1.82, 2.24) is 10.3 Å². The normalized spacial score (nSPS) is 11.9. The third kappa shape index (κ3) is 5.83. The smallest absolute Gasteiger partial charge is 0.0474 e. The van der Waals surface area contributed by atoms with Crippen LogP contribution in [0.3, 0.4) is 0 Å². The molecule has 0 unspecified atom stereocenters. The summed E-state index contributed by atoms with van der Waals surface area (Å²) in [5.74, 6) is -0.0920. The molecule has 0 amide bonds. The van der Waals surface area contributed by atoms with E-state index in [-0.39, 0.29) is 5.92 Å². The molecule has 0 saturated heterocycles. The minimum absolute atomic E-state index is 0.0920. The Balaban J connectivity index is 1.66. The van der Waals surface area contributed by atoms with Crippen LogP contribution in [0.2, 0.25) is 10.0 Å². The van der Waals surface area contributed by atoms with Gasteiger partial charge in [-0.3, -0.25) is 0 Å². The number of benzene rings is 3. The van der Waals surface area contributed by atoms with E-state index in [1.165, 1.54) is 11.9 Å². The first-order valence-corrected chi connectivity index (χ1v) is 10.0. The topological polar surface area (TPSA) is 47.9 Å². The molecule has 27 heavy (non-hydrogen) atoms. The van der Waals surface area contributed by atoms with E-state index >= 15 is 0 Å². The van der Waals surface area contributed by atoms with Crippen molar-refractivity contribution in [3.05, 3.63) is 100 Å². The van der Waals surface area contributed by atoms with Gasteiger partial charge in [-0.2, -0.15) is 4.83 Å². The van der Waals surface area contributed by atoms with Crippen LogP contribution >= 0.6 is 35.1 Å². The van der Waals surface area contributed by atoms with Gasteiger partial charge in [0.2, 0.25) is 0 Å². The van der Waals surface area contributed by atoms with Gasteiger partial charge in [0.15, 0.2) is 0 Å². The molecule has 3 aromatic rings. The second-order valence-electron chi connectivity index (χ2n) is 5.92. The lowest BCUT2D eigenvalue weighted by Gasteiger charge is -2.20. The van der Waals surface area contributed by atoms with Crippen LogP contribution in [0.15, 0.2) is 83.8 Å². The average Bonchev–Trinajstić information content (AvgIpc) is 2.70. The van der Waals surface area contributed by atoms with Gasteiger partial charge in [0.25, 0.3) is 0 Å². The highest BCUT2D eigenvalue weighted by molar-refractivity contribution is 7.97. The lowest BCUT2D eigenvalue weighted by atomic mass is 9.90. The van der Waals surface area contributed by atoms with E-state index in [2.05, 4.69) is 10.3 Å². The zero-order valence-electron chi connectivity index (χ0n) is 14.5. The first kappa shape index (κ1) is 19.9. The second kappa shape index (κ2) is 9.93. The Kier molecular flexibility index (Phi) is 7.33. The highest BCUT2D eigenvalue weighted by Gasteiger charge is 2.18. The van der Waals surface area contributed by atoms with E-state index in [1.54, 1.807) is 0 Å². The summed E-state index contributed by atoms with van der Waals surface area (Å²) in [4.78, 5) is 4.19. The van der Waals surface area contributed by atoms with Gasteiger partial charge in [-0.05, 0) is 59.5 Å². The fourth-order valence-corrected chi connectivity index (χ4v) is 3.44. The van der Waals surface area contributed by atoms with E-state index < -0.39 is 0 Å². The Bertz CT molecular complexity index is 868. The van der Waals surface area contributed by atoms with Gasteiger partial charge in [0.05, 0.1) is 0 Å². The van der Waals surface area contributed by atoms with Crippen LogP contribution in [0.5, 0.6) is 0 Å². The van der Waals surface area contributed by atoms with Gasteiger partial charge >= 0.3 is 0 Å². The van der Waals surface area contributed by atoms with E-state index in [0.717, 1.165) is 16.0 Å². The van der Waals surface area contributed by atoms with E-state index in [9.17, 15) is 0 Å². The summed E-state index contributed by atoms with van der Waals surface area (Å²) >= 11 is 13.4. The van der Waals surface area contributed by atoms with E-state index in [4.69, 9.17) is 28.6 Å². The summed E-state index contributed by atoms with van der Waals surface area (Å²) in [6.45, 7) is 0.575. The molecule has 0 heterocycles. The predicted molar refractivity (Wildman–Crippen MR) is 116 cm³/mol. The molecule has 0 aromatic heterocycles. The molecule has 0 aliphatic rings. The maximum atomic E-state index is 8.69. The van der Waals surface area contributed by atoms with Crippen LogP contribution in [0.4, 0.5) is 0 Å². The Morgan fingerprint density at radius 3 is 2.07 bits per heavy atom. The Morgan fingerprint density at radius 2 is 1.44 bits per heavy atom. The summed E-state index contributed by atoms with van der Waals surface area (Å²) in [6, 6.07) is 25.1. The minimum atomic E-state index is -0.0920. The summed E-state index contributed by atoms with van der Waals surface area (Å²) in [5, 5.41) is 10.1. The second-order valence-corrected chi connectivity index (χ2v) is 7.68. The zero-order valence-corrected chi connectivity index (χ0v) is 16.8. The predicted octanol–water partition coefficient (Wildman–Crippen LogP) is 5.95. The SMILES string of the molecule is N=C(c1ccc(Cl)cc1)[C@H](CNNSc1ccc(Cl)cc1)c1ccccc1. The van der Waals surface area contributed by atoms with Gasteiger partial charge in [-0.15, -0.1) is 0 Å². The maximum absolute atomic E-state index is 8.69. The van der Waals surface area contributed by atoms with Crippen LogP contribution in [0.25, 0.3) is 0 Å². The van der Waals surface area contributed by atoms with Crippen molar-refractivity contribution in [3.8, 4) is 0 Å². The van der Waals surface area contributed by atoms with Crippen LogP contribution in [0, 0.1) is 5.41 Å². The Hall–Kier alpha value is -1.82. The summed E-state index contributed by atoms with van der Waals surface area (Å²) in [6.07, 6.45) is 0. The monoisotopic (exact) mass is 415 g/mol. The Morgan fingerprint density at radius 1 is 0.852 bits per heavy atom. The van der Waals surface area contributed by atoms with Crippen molar-refractivity contribution >= 4 is 40.9 Å². The number of hydrazine groups is 1. The van der Waals surface area contributed by atoms with Crippen LogP contribution in [0.1, 0.15) is 17.0 Å².